The molecule has 1 amide bonds. The van der Waals surface area contributed by atoms with Crippen molar-refractivity contribution in [2.24, 2.45) is 0 Å². The number of aromatic nitrogens is 1. The Hall–Kier alpha value is -2.65. The van der Waals surface area contributed by atoms with Crippen LogP contribution in [0.3, 0.4) is 0 Å². The molecular weight excluding hydrogens is 320 g/mol. The molecule has 3 nitrogen and oxygen atoms in total. The Kier molecular flexibility index (Phi) is 5.24. The maximum atomic E-state index is 12.2. The van der Waals surface area contributed by atoms with Crippen LogP contribution in [0.25, 0.3) is 0 Å². The topological polar surface area (TPSA) is 33.0 Å². The summed E-state index contributed by atoms with van der Waals surface area (Å²) in [5.41, 5.74) is 2.89. The van der Waals surface area contributed by atoms with Crippen LogP contribution in [-0.4, -0.2) is 5.91 Å². The van der Waals surface area contributed by atoms with E-state index in [0.717, 1.165) is 22.7 Å². The van der Waals surface area contributed by atoms with Crippen molar-refractivity contribution < 1.29 is 9.36 Å². The third-order valence-corrected chi connectivity index (χ3v) is 3.98. The van der Waals surface area contributed by atoms with Gasteiger partial charge in [0.2, 0.25) is 0 Å². The highest BCUT2D eigenvalue weighted by Crippen LogP contribution is 2.09. The number of rotatable bonds is 5. The number of nitrogens with one attached hydrogen (secondary N) is 1. The van der Waals surface area contributed by atoms with Crippen molar-refractivity contribution in [2.75, 3.05) is 0 Å². The van der Waals surface area contributed by atoms with Gasteiger partial charge in [0, 0.05) is 29.3 Å². The van der Waals surface area contributed by atoms with Gasteiger partial charge in [0.25, 0.3) is 5.91 Å². The number of pyridine rings is 1. The fourth-order valence-corrected chi connectivity index (χ4v) is 2.52. The number of carbonyl (C=O) groups is 1. The summed E-state index contributed by atoms with van der Waals surface area (Å²) in [6.45, 7) is 1.27. The van der Waals surface area contributed by atoms with Crippen LogP contribution in [-0.2, 0) is 13.1 Å². The van der Waals surface area contributed by atoms with Gasteiger partial charge in [0.05, 0.1) is 5.56 Å². The zero-order valence-electron chi connectivity index (χ0n) is 13.2. The fourth-order valence-electron chi connectivity index (χ4n) is 2.40. The van der Waals surface area contributed by atoms with Crippen molar-refractivity contribution in [3.63, 3.8) is 0 Å². The van der Waals surface area contributed by atoms with E-state index < -0.39 is 0 Å². The van der Waals surface area contributed by atoms with E-state index in [1.54, 1.807) is 0 Å². The first-order valence-corrected chi connectivity index (χ1v) is 8.14. The molecular formula is C20H18ClN2O+. The van der Waals surface area contributed by atoms with Gasteiger partial charge in [0.1, 0.15) is 0 Å². The second-order valence-corrected chi connectivity index (χ2v) is 5.99. The molecule has 0 aliphatic heterocycles. The Labute approximate surface area is 146 Å². The number of hydrogen-bond donors (Lipinski definition) is 1. The van der Waals surface area contributed by atoms with Gasteiger partial charge < -0.3 is 5.32 Å². The number of halogens is 1. The van der Waals surface area contributed by atoms with Gasteiger partial charge in [0.15, 0.2) is 18.9 Å². The molecule has 1 N–H and O–H groups in total. The van der Waals surface area contributed by atoms with E-state index in [-0.39, 0.29) is 5.91 Å². The van der Waals surface area contributed by atoms with Crippen molar-refractivity contribution in [3.8, 4) is 0 Å². The first-order chi connectivity index (χ1) is 11.7. The number of amides is 1. The molecule has 0 radical (unpaired) electrons. The van der Waals surface area contributed by atoms with Gasteiger partial charge in [-0.05, 0) is 17.7 Å². The van der Waals surface area contributed by atoms with Gasteiger partial charge >= 0.3 is 0 Å². The fraction of sp³-hybridized carbons (Fsp3) is 0.100. The molecule has 1 heterocycles. The van der Waals surface area contributed by atoms with Crippen LogP contribution in [0.5, 0.6) is 0 Å². The summed E-state index contributed by atoms with van der Waals surface area (Å²) in [7, 11) is 0. The standard InChI is InChI=1S/C20H17ClN2O/c21-19-8-6-17(7-9-19)15-23-12-10-18(11-13-23)20(24)22-14-16-4-2-1-3-5-16/h1-13H,14-15H2/p+1. The molecule has 2 aromatic carbocycles. The maximum absolute atomic E-state index is 12.2. The lowest BCUT2D eigenvalue weighted by molar-refractivity contribution is -0.688. The third-order valence-electron chi connectivity index (χ3n) is 3.73. The molecule has 0 aliphatic rings. The van der Waals surface area contributed by atoms with Crippen LogP contribution >= 0.6 is 11.6 Å². The lowest BCUT2D eigenvalue weighted by Crippen LogP contribution is -2.34. The minimum Gasteiger partial charge on any atom is -0.348 e. The molecule has 0 fully saturated rings. The zero-order chi connectivity index (χ0) is 16.8. The van der Waals surface area contributed by atoms with E-state index in [2.05, 4.69) is 5.32 Å². The highest BCUT2D eigenvalue weighted by atomic mass is 35.5. The monoisotopic (exact) mass is 337 g/mol. The van der Waals surface area contributed by atoms with Gasteiger partial charge in [-0.2, -0.15) is 0 Å². The predicted molar refractivity (Wildman–Crippen MR) is 94.8 cm³/mol. The molecule has 0 bridgehead atoms. The highest BCUT2D eigenvalue weighted by Gasteiger charge is 2.08. The average molecular weight is 338 g/mol. The molecule has 3 aromatic rings. The smallest absolute Gasteiger partial charge is 0.252 e. The quantitative estimate of drug-likeness (QED) is 0.709. The first kappa shape index (κ1) is 16.2. The van der Waals surface area contributed by atoms with Crippen LogP contribution in [0.15, 0.2) is 79.1 Å². The molecule has 4 heteroatoms. The van der Waals surface area contributed by atoms with Gasteiger partial charge in [-0.15, -0.1) is 0 Å². The molecule has 0 spiro atoms. The Morgan fingerprint density at radius 1 is 0.875 bits per heavy atom. The second kappa shape index (κ2) is 7.75. The van der Waals surface area contributed by atoms with Crippen LogP contribution in [0.1, 0.15) is 21.5 Å². The van der Waals surface area contributed by atoms with Gasteiger partial charge in [-0.3, -0.25) is 4.79 Å². The molecule has 0 saturated heterocycles. The van der Waals surface area contributed by atoms with E-state index in [1.807, 2.05) is 83.7 Å². The lowest BCUT2D eigenvalue weighted by Gasteiger charge is -2.05. The zero-order valence-corrected chi connectivity index (χ0v) is 13.9. The van der Waals surface area contributed by atoms with Gasteiger partial charge in [-0.1, -0.05) is 54.1 Å². The average Bonchev–Trinajstić information content (AvgIpc) is 2.63. The summed E-state index contributed by atoms with van der Waals surface area (Å²) >= 11 is 5.89. The SMILES string of the molecule is O=C(NCc1ccccc1)c1cc[n+](Cc2ccc(Cl)cc2)cc1. The number of nitrogens with zero attached hydrogens (tertiary/aromatic N) is 1. The summed E-state index contributed by atoms with van der Waals surface area (Å²) in [6.07, 6.45) is 3.82. The molecule has 120 valence electrons. The largest absolute Gasteiger partial charge is 0.348 e. The molecule has 0 atom stereocenters. The summed E-state index contributed by atoms with van der Waals surface area (Å²) in [6, 6.07) is 21.3. The minimum atomic E-state index is -0.0718. The molecule has 0 unspecified atom stereocenters. The van der Waals surface area contributed by atoms with Crippen LogP contribution < -0.4 is 9.88 Å². The lowest BCUT2D eigenvalue weighted by atomic mass is 10.2. The summed E-state index contributed by atoms with van der Waals surface area (Å²) in [5, 5.41) is 3.66. The van der Waals surface area contributed by atoms with Crippen molar-refractivity contribution >= 4 is 17.5 Å². The van der Waals surface area contributed by atoms with Crippen molar-refractivity contribution in [1.29, 1.82) is 0 Å². The maximum Gasteiger partial charge on any atom is 0.252 e. The molecule has 0 aliphatic carbocycles. The molecule has 1 aromatic heterocycles. The number of carbonyl (C=O) groups excluding carboxylic acids is 1. The van der Waals surface area contributed by atoms with E-state index in [0.29, 0.717) is 12.1 Å². The predicted octanol–water partition coefficient (Wildman–Crippen LogP) is 3.61. The van der Waals surface area contributed by atoms with E-state index >= 15 is 0 Å². The number of hydrogen-bond acceptors (Lipinski definition) is 1. The Balaban J connectivity index is 1.59. The number of benzene rings is 2. The van der Waals surface area contributed by atoms with E-state index in [1.165, 1.54) is 0 Å². The third kappa shape index (κ3) is 4.43. The van der Waals surface area contributed by atoms with E-state index in [9.17, 15) is 4.79 Å². The minimum absolute atomic E-state index is 0.0718. The molecule has 3 rings (SSSR count). The summed E-state index contributed by atoms with van der Waals surface area (Å²) in [5.74, 6) is -0.0718. The Morgan fingerprint density at radius 2 is 1.54 bits per heavy atom. The summed E-state index contributed by atoms with van der Waals surface area (Å²) < 4.78 is 2.03. The van der Waals surface area contributed by atoms with Crippen LogP contribution in [0.4, 0.5) is 0 Å². The van der Waals surface area contributed by atoms with E-state index in [4.69, 9.17) is 11.6 Å². The van der Waals surface area contributed by atoms with Crippen molar-refractivity contribution in [1.82, 2.24) is 5.32 Å². The molecule has 24 heavy (non-hydrogen) atoms. The van der Waals surface area contributed by atoms with Gasteiger partial charge in [-0.25, -0.2) is 4.57 Å². The van der Waals surface area contributed by atoms with Crippen molar-refractivity contribution in [3.05, 3.63) is 101 Å². The van der Waals surface area contributed by atoms with Crippen molar-refractivity contribution in [2.45, 2.75) is 13.1 Å². The molecule has 0 saturated carbocycles. The summed E-state index contributed by atoms with van der Waals surface area (Å²) in [4.78, 5) is 12.2. The first-order valence-electron chi connectivity index (χ1n) is 7.76. The highest BCUT2D eigenvalue weighted by molar-refractivity contribution is 6.30. The van der Waals surface area contributed by atoms with Crippen LogP contribution in [0, 0.1) is 0 Å². The second-order valence-electron chi connectivity index (χ2n) is 5.55. The normalized spacial score (nSPS) is 10.4. The van der Waals surface area contributed by atoms with Crippen LogP contribution in [0.2, 0.25) is 5.02 Å². The Morgan fingerprint density at radius 3 is 2.21 bits per heavy atom. The Bertz CT molecular complexity index is 799.